The zero-order valence-electron chi connectivity index (χ0n) is 10.5. The zero-order valence-corrected chi connectivity index (χ0v) is 10.5. The van der Waals surface area contributed by atoms with Crippen LogP contribution in [0.4, 0.5) is 5.69 Å². The Bertz CT molecular complexity index is 602. The number of nitrogens with zero attached hydrogens (tertiary/aromatic N) is 2. The monoisotopic (exact) mass is 241 g/mol. The van der Waals surface area contributed by atoms with E-state index < -0.39 is 0 Å². The fraction of sp³-hybridized carbons (Fsp3) is 0.286. The van der Waals surface area contributed by atoms with E-state index in [0.717, 1.165) is 28.7 Å². The lowest BCUT2D eigenvalue weighted by atomic mass is 10.1. The summed E-state index contributed by atoms with van der Waals surface area (Å²) < 4.78 is 5.17. The molecule has 4 nitrogen and oxygen atoms in total. The lowest BCUT2D eigenvalue weighted by Gasteiger charge is -2.11. The molecule has 1 heterocycles. The molecule has 1 aromatic heterocycles. The molecular formula is C14H15N3O. The Morgan fingerprint density at radius 2 is 2.28 bits per heavy atom. The molecule has 1 N–H and O–H groups in total. The molecule has 2 rings (SSSR count). The number of nitriles is 1. The topological polar surface area (TPSA) is 57.9 Å². The molecule has 92 valence electrons. The van der Waals surface area contributed by atoms with E-state index in [-0.39, 0.29) is 0 Å². The van der Waals surface area contributed by atoms with Gasteiger partial charge in [-0.3, -0.25) is 4.98 Å². The van der Waals surface area contributed by atoms with Crippen LogP contribution in [0.5, 0.6) is 0 Å². The highest BCUT2D eigenvalue weighted by molar-refractivity contribution is 5.95. The maximum atomic E-state index is 9.12. The van der Waals surface area contributed by atoms with Crippen LogP contribution >= 0.6 is 0 Å². The molecule has 0 fully saturated rings. The summed E-state index contributed by atoms with van der Waals surface area (Å²) in [7, 11) is 1.66. The summed E-state index contributed by atoms with van der Waals surface area (Å²) in [4.78, 5) is 4.37. The minimum atomic E-state index is 0.516. The van der Waals surface area contributed by atoms with Gasteiger partial charge in [-0.15, -0.1) is 0 Å². The van der Waals surface area contributed by atoms with Gasteiger partial charge in [-0.1, -0.05) is 18.2 Å². The first-order valence-electron chi connectivity index (χ1n) is 5.85. The summed E-state index contributed by atoms with van der Waals surface area (Å²) in [5, 5.41) is 13.3. The highest BCUT2D eigenvalue weighted by atomic mass is 16.5. The SMILES string of the molecule is CCNc1c(C#N)cnc2c(COC)cccc12. The number of fused-ring (bicyclic) bond motifs is 1. The molecule has 1 aromatic carbocycles. The predicted molar refractivity (Wildman–Crippen MR) is 71.3 cm³/mol. The van der Waals surface area contributed by atoms with E-state index in [1.807, 2.05) is 25.1 Å². The maximum absolute atomic E-state index is 9.12. The molecule has 0 saturated heterocycles. The predicted octanol–water partition coefficient (Wildman–Crippen LogP) is 2.68. The van der Waals surface area contributed by atoms with E-state index in [1.54, 1.807) is 13.3 Å². The van der Waals surface area contributed by atoms with Crippen molar-refractivity contribution < 1.29 is 4.74 Å². The van der Waals surface area contributed by atoms with E-state index in [1.165, 1.54) is 0 Å². The Kier molecular flexibility index (Phi) is 3.75. The van der Waals surface area contributed by atoms with Gasteiger partial charge in [0.1, 0.15) is 6.07 Å². The molecule has 0 saturated carbocycles. The zero-order chi connectivity index (χ0) is 13.0. The van der Waals surface area contributed by atoms with Crippen molar-refractivity contribution in [2.45, 2.75) is 13.5 Å². The number of ether oxygens (including phenoxy) is 1. The minimum absolute atomic E-state index is 0.516. The Morgan fingerprint density at radius 3 is 2.94 bits per heavy atom. The number of rotatable bonds is 4. The second kappa shape index (κ2) is 5.48. The third kappa shape index (κ3) is 2.13. The van der Waals surface area contributed by atoms with Crippen molar-refractivity contribution in [1.29, 1.82) is 5.26 Å². The van der Waals surface area contributed by atoms with E-state index in [0.29, 0.717) is 12.2 Å². The smallest absolute Gasteiger partial charge is 0.103 e. The highest BCUT2D eigenvalue weighted by Crippen LogP contribution is 2.27. The Hall–Kier alpha value is -2.12. The number of para-hydroxylation sites is 1. The summed E-state index contributed by atoms with van der Waals surface area (Å²) in [6.45, 7) is 3.29. The van der Waals surface area contributed by atoms with Gasteiger partial charge in [-0.05, 0) is 6.92 Å². The molecule has 0 aliphatic heterocycles. The Morgan fingerprint density at radius 1 is 1.44 bits per heavy atom. The van der Waals surface area contributed by atoms with Gasteiger partial charge in [-0.2, -0.15) is 5.26 Å². The molecule has 0 aliphatic carbocycles. The number of pyridine rings is 1. The second-order valence-corrected chi connectivity index (χ2v) is 3.94. The summed E-state index contributed by atoms with van der Waals surface area (Å²) in [6, 6.07) is 8.09. The van der Waals surface area contributed by atoms with Crippen LogP contribution in [0.3, 0.4) is 0 Å². The number of benzene rings is 1. The molecule has 0 radical (unpaired) electrons. The van der Waals surface area contributed by atoms with Gasteiger partial charge in [-0.25, -0.2) is 0 Å². The Labute approximate surface area is 106 Å². The van der Waals surface area contributed by atoms with E-state index >= 15 is 0 Å². The van der Waals surface area contributed by atoms with Crippen LogP contribution in [0.2, 0.25) is 0 Å². The molecule has 0 atom stereocenters. The number of methoxy groups -OCH3 is 1. The van der Waals surface area contributed by atoms with Gasteiger partial charge >= 0.3 is 0 Å². The molecule has 0 amide bonds. The number of hydrogen-bond donors (Lipinski definition) is 1. The quantitative estimate of drug-likeness (QED) is 0.894. The van der Waals surface area contributed by atoms with Crippen molar-refractivity contribution >= 4 is 16.6 Å². The van der Waals surface area contributed by atoms with Crippen LogP contribution in [0.15, 0.2) is 24.4 Å². The third-order valence-corrected chi connectivity index (χ3v) is 2.75. The molecule has 0 spiro atoms. The van der Waals surface area contributed by atoms with Crippen LogP contribution in [0.25, 0.3) is 10.9 Å². The van der Waals surface area contributed by atoms with E-state index in [4.69, 9.17) is 10.00 Å². The summed E-state index contributed by atoms with van der Waals surface area (Å²) >= 11 is 0. The Balaban J connectivity index is 2.70. The number of hydrogen-bond acceptors (Lipinski definition) is 4. The number of anilines is 1. The summed E-state index contributed by atoms with van der Waals surface area (Å²) in [6.07, 6.45) is 1.61. The molecular weight excluding hydrogens is 226 g/mol. The lowest BCUT2D eigenvalue weighted by molar-refractivity contribution is 0.186. The van der Waals surface area contributed by atoms with Gasteiger partial charge in [0.15, 0.2) is 0 Å². The third-order valence-electron chi connectivity index (χ3n) is 2.75. The van der Waals surface area contributed by atoms with Gasteiger partial charge < -0.3 is 10.1 Å². The molecule has 0 aliphatic rings. The van der Waals surface area contributed by atoms with Gasteiger partial charge in [0, 0.05) is 30.8 Å². The van der Waals surface area contributed by atoms with Crippen LogP contribution in [0.1, 0.15) is 18.1 Å². The largest absolute Gasteiger partial charge is 0.384 e. The first-order chi connectivity index (χ1) is 8.81. The molecule has 0 unspecified atom stereocenters. The molecule has 4 heteroatoms. The molecule has 18 heavy (non-hydrogen) atoms. The summed E-state index contributed by atoms with van der Waals surface area (Å²) in [5.74, 6) is 0. The van der Waals surface area contributed by atoms with Crippen molar-refractivity contribution in [1.82, 2.24) is 4.98 Å². The van der Waals surface area contributed by atoms with Crippen molar-refractivity contribution in [3.8, 4) is 6.07 Å². The molecule has 0 bridgehead atoms. The molecule has 2 aromatic rings. The second-order valence-electron chi connectivity index (χ2n) is 3.94. The van der Waals surface area contributed by atoms with Crippen molar-refractivity contribution in [3.05, 3.63) is 35.5 Å². The van der Waals surface area contributed by atoms with E-state index in [2.05, 4.69) is 16.4 Å². The van der Waals surface area contributed by atoms with Crippen LogP contribution < -0.4 is 5.32 Å². The van der Waals surface area contributed by atoms with Gasteiger partial charge in [0.25, 0.3) is 0 Å². The maximum Gasteiger partial charge on any atom is 0.103 e. The lowest BCUT2D eigenvalue weighted by Crippen LogP contribution is -2.02. The van der Waals surface area contributed by atoms with Crippen molar-refractivity contribution in [2.75, 3.05) is 19.0 Å². The van der Waals surface area contributed by atoms with Crippen LogP contribution in [-0.4, -0.2) is 18.6 Å². The normalized spacial score (nSPS) is 10.3. The van der Waals surface area contributed by atoms with Crippen LogP contribution in [-0.2, 0) is 11.3 Å². The fourth-order valence-corrected chi connectivity index (χ4v) is 2.01. The van der Waals surface area contributed by atoms with Crippen LogP contribution in [0, 0.1) is 11.3 Å². The highest BCUT2D eigenvalue weighted by Gasteiger charge is 2.10. The average Bonchev–Trinajstić information content (AvgIpc) is 2.40. The number of nitrogens with one attached hydrogen (secondary N) is 1. The first-order valence-corrected chi connectivity index (χ1v) is 5.85. The van der Waals surface area contributed by atoms with Crippen molar-refractivity contribution in [3.63, 3.8) is 0 Å². The number of aromatic nitrogens is 1. The minimum Gasteiger partial charge on any atom is -0.384 e. The summed E-state index contributed by atoms with van der Waals surface area (Å²) in [5.41, 5.74) is 3.33. The van der Waals surface area contributed by atoms with E-state index in [9.17, 15) is 0 Å². The average molecular weight is 241 g/mol. The van der Waals surface area contributed by atoms with Gasteiger partial charge in [0.2, 0.25) is 0 Å². The van der Waals surface area contributed by atoms with Crippen molar-refractivity contribution in [2.24, 2.45) is 0 Å². The first kappa shape index (κ1) is 12.3. The van der Waals surface area contributed by atoms with Gasteiger partial charge in [0.05, 0.1) is 23.4 Å². The standard InChI is InChI=1S/C14H15N3O/c1-3-16-14-11(7-15)8-17-13-10(9-18-2)5-4-6-12(13)14/h4-6,8H,3,9H2,1-2H3,(H,16,17). The fourth-order valence-electron chi connectivity index (χ4n) is 2.01.